The Labute approximate surface area is 118 Å². The Hall–Kier alpha value is -2.10. The highest BCUT2D eigenvalue weighted by atomic mass is 16.1. The molecule has 0 fully saturated rings. The molecule has 20 heavy (non-hydrogen) atoms. The first-order valence-corrected chi connectivity index (χ1v) is 7.02. The van der Waals surface area contributed by atoms with Gasteiger partial charge in [0.25, 0.3) is 0 Å². The minimum absolute atomic E-state index is 0.0602. The van der Waals surface area contributed by atoms with Crippen LogP contribution in [0.4, 0.5) is 5.82 Å². The summed E-state index contributed by atoms with van der Waals surface area (Å²) in [5.74, 6) is 1.01. The summed E-state index contributed by atoms with van der Waals surface area (Å²) >= 11 is 0. The Kier molecular flexibility index (Phi) is 3.08. The van der Waals surface area contributed by atoms with Gasteiger partial charge >= 0.3 is 0 Å². The first-order valence-electron chi connectivity index (χ1n) is 7.02. The van der Waals surface area contributed by atoms with E-state index in [0.717, 1.165) is 23.5 Å². The van der Waals surface area contributed by atoms with Crippen LogP contribution in [0.25, 0.3) is 0 Å². The molecule has 3 rings (SSSR count). The molecular formula is C16H19N3O. The van der Waals surface area contributed by atoms with Crippen molar-refractivity contribution >= 4 is 11.7 Å². The van der Waals surface area contributed by atoms with Gasteiger partial charge in [-0.05, 0) is 24.5 Å². The Morgan fingerprint density at radius 2 is 2.05 bits per heavy atom. The van der Waals surface area contributed by atoms with E-state index in [4.69, 9.17) is 0 Å². The molecule has 1 N–H and O–H groups in total. The molecule has 2 heterocycles. The average molecular weight is 269 g/mol. The zero-order valence-corrected chi connectivity index (χ0v) is 12.1. The van der Waals surface area contributed by atoms with Gasteiger partial charge in [-0.25, -0.2) is 0 Å². The molecule has 0 bridgehead atoms. The van der Waals surface area contributed by atoms with E-state index in [2.05, 4.69) is 41.6 Å². The highest BCUT2D eigenvalue weighted by molar-refractivity contribution is 5.94. The number of benzene rings is 1. The van der Waals surface area contributed by atoms with Crippen LogP contribution < -0.4 is 5.32 Å². The lowest BCUT2D eigenvalue weighted by atomic mass is 9.85. The van der Waals surface area contributed by atoms with Crippen LogP contribution in [-0.4, -0.2) is 15.7 Å². The number of carbonyl (C=O) groups is 1. The molecule has 0 aliphatic carbocycles. The van der Waals surface area contributed by atoms with Crippen LogP contribution in [0.3, 0.4) is 0 Å². The van der Waals surface area contributed by atoms with E-state index in [-0.39, 0.29) is 11.8 Å². The van der Waals surface area contributed by atoms with Crippen LogP contribution in [0.15, 0.2) is 24.3 Å². The molecule has 0 saturated carbocycles. The predicted molar refractivity (Wildman–Crippen MR) is 78.9 cm³/mol. The molecule has 1 aliphatic rings. The number of carbonyl (C=O) groups excluding carboxylic acids is 1. The van der Waals surface area contributed by atoms with Crippen LogP contribution in [0.5, 0.6) is 0 Å². The van der Waals surface area contributed by atoms with Gasteiger partial charge in [-0.2, -0.15) is 5.10 Å². The maximum absolute atomic E-state index is 11.9. The molecule has 104 valence electrons. The summed E-state index contributed by atoms with van der Waals surface area (Å²) < 4.78 is 1.76. The van der Waals surface area contributed by atoms with Crippen LogP contribution in [0.1, 0.15) is 41.6 Å². The Morgan fingerprint density at radius 3 is 2.70 bits per heavy atom. The second-order valence-corrected chi connectivity index (χ2v) is 5.37. The van der Waals surface area contributed by atoms with Crippen LogP contribution in [0.2, 0.25) is 0 Å². The molecule has 0 spiro atoms. The lowest BCUT2D eigenvalue weighted by Crippen LogP contribution is -2.24. The SMILES string of the molecule is CCc1ccc(C2CC(=O)Nc3c2c(C)nn3C)cc1. The third-order valence-corrected chi connectivity index (χ3v) is 4.05. The van der Waals surface area contributed by atoms with Crippen molar-refractivity contribution in [2.24, 2.45) is 7.05 Å². The minimum Gasteiger partial charge on any atom is -0.311 e. The van der Waals surface area contributed by atoms with Gasteiger partial charge in [0.05, 0.1) is 5.69 Å². The van der Waals surface area contributed by atoms with Crippen LogP contribution in [-0.2, 0) is 18.3 Å². The largest absolute Gasteiger partial charge is 0.311 e. The van der Waals surface area contributed by atoms with Gasteiger partial charge in [0.15, 0.2) is 0 Å². The zero-order valence-electron chi connectivity index (χ0n) is 12.1. The molecule has 1 aliphatic heterocycles. The molecule has 0 saturated heterocycles. The fourth-order valence-corrected chi connectivity index (χ4v) is 2.98. The second kappa shape index (κ2) is 4.78. The van der Waals surface area contributed by atoms with Gasteiger partial charge in [0, 0.05) is 24.9 Å². The van der Waals surface area contributed by atoms with E-state index >= 15 is 0 Å². The quantitative estimate of drug-likeness (QED) is 0.911. The van der Waals surface area contributed by atoms with Crippen molar-refractivity contribution in [3.05, 3.63) is 46.6 Å². The summed E-state index contributed by atoms with van der Waals surface area (Å²) in [7, 11) is 1.87. The van der Waals surface area contributed by atoms with Gasteiger partial charge in [-0.15, -0.1) is 0 Å². The fraction of sp³-hybridized carbons (Fsp3) is 0.375. The van der Waals surface area contributed by atoms with E-state index < -0.39 is 0 Å². The smallest absolute Gasteiger partial charge is 0.226 e. The lowest BCUT2D eigenvalue weighted by Gasteiger charge is -2.24. The van der Waals surface area contributed by atoms with Crippen molar-refractivity contribution in [2.75, 3.05) is 5.32 Å². The number of nitrogens with one attached hydrogen (secondary N) is 1. The Morgan fingerprint density at radius 1 is 1.35 bits per heavy atom. The Bertz CT molecular complexity index is 655. The van der Waals surface area contributed by atoms with Crippen LogP contribution >= 0.6 is 0 Å². The molecule has 2 aromatic rings. The van der Waals surface area contributed by atoms with Crippen molar-refractivity contribution in [2.45, 2.75) is 32.6 Å². The van der Waals surface area contributed by atoms with Crippen LogP contribution in [0, 0.1) is 6.92 Å². The summed E-state index contributed by atoms with van der Waals surface area (Å²) in [6.45, 7) is 4.15. The summed E-state index contributed by atoms with van der Waals surface area (Å²) in [6, 6.07) is 8.57. The van der Waals surface area contributed by atoms with Gasteiger partial charge in [-0.1, -0.05) is 31.2 Å². The summed E-state index contributed by atoms with van der Waals surface area (Å²) in [5.41, 5.74) is 4.65. The summed E-state index contributed by atoms with van der Waals surface area (Å²) in [5, 5.41) is 7.37. The normalized spacial score (nSPS) is 17.8. The van der Waals surface area contributed by atoms with E-state index in [1.165, 1.54) is 11.1 Å². The Balaban J connectivity index is 2.07. The standard InChI is InChI=1S/C16H19N3O/c1-4-11-5-7-12(8-6-11)13-9-14(20)17-16-15(13)10(2)18-19(16)3/h5-8,13H,4,9H2,1-3H3,(H,17,20). The summed E-state index contributed by atoms with van der Waals surface area (Å²) in [4.78, 5) is 11.9. The third-order valence-electron chi connectivity index (χ3n) is 4.05. The topological polar surface area (TPSA) is 46.9 Å². The molecule has 1 aromatic carbocycles. The molecule has 4 nitrogen and oxygen atoms in total. The maximum Gasteiger partial charge on any atom is 0.226 e. The van der Waals surface area contributed by atoms with Crippen molar-refractivity contribution in [1.82, 2.24) is 9.78 Å². The number of aromatic nitrogens is 2. The second-order valence-electron chi connectivity index (χ2n) is 5.37. The molecule has 1 amide bonds. The van der Waals surface area contributed by atoms with Gasteiger partial charge in [0.1, 0.15) is 5.82 Å². The van der Waals surface area contributed by atoms with Gasteiger partial charge in [-0.3, -0.25) is 9.48 Å². The molecule has 0 radical (unpaired) electrons. The van der Waals surface area contributed by atoms with Crippen molar-refractivity contribution in [3.63, 3.8) is 0 Å². The van der Waals surface area contributed by atoms with E-state index in [1.54, 1.807) is 4.68 Å². The molecular weight excluding hydrogens is 250 g/mol. The monoisotopic (exact) mass is 269 g/mol. The average Bonchev–Trinajstić information content (AvgIpc) is 2.73. The number of nitrogens with zero attached hydrogens (tertiary/aromatic N) is 2. The number of rotatable bonds is 2. The first kappa shape index (κ1) is 12.9. The predicted octanol–water partition coefficient (Wildman–Crippen LogP) is 2.77. The van der Waals surface area contributed by atoms with Gasteiger partial charge in [0.2, 0.25) is 5.91 Å². The number of anilines is 1. The summed E-state index contributed by atoms with van der Waals surface area (Å²) in [6.07, 6.45) is 1.52. The highest BCUT2D eigenvalue weighted by Crippen LogP contribution is 2.38. The van der Waals surface area contributed by atoms with Crippen molar-refractivity contribution in [3.8, 4) is 0 Å². The molecule has 4 heteroatoms. The van der Waals surface area contributed by atoms with E-state index in [9.17, 15) is 4.79 Å². The lowest BCUT2D eigenvalue weighted by molar-refractivity contribution is -0.116. The third kappa shape index (κ3) is 2.01. The van der Waals surface area contributed by atoms with Crippen molar-refractivity contribution in [1.29, 1.82) is 0 Å². The van der Waals surface area contributed by atoms with E-state index in [1.807, 2.05) is 14.0 Å². The number of hydrogen-bond acceptors (Lipinski definition) is 2. The first-order chi connectivity index (χ1) is 9.60. The number of amides is 1. The number of hydrogen-bond donors (Lipinski definition) is 1. The van der Waals surface area contributed by atoms with Gasteiger partial charge < -0.3 is 5.32 Å². The maximum atomic E-state index is 11.9. The van der Waals surface area contributed by atoms with E-state index in [0.29, 0.717) is 6.42 Å². The number of fused-ring (bicyclic) bond motifs is 1. The fourth-order valence-electron chi connectivity index (χ4n) is 2.98. The highest BCUT2D eigenvalue weighted by Gasteiger charge is 2.31. The molecule has 1 atom stereocenters. The van der Waals surface area contributed by atoms with Crippen molar-refractivity contribution < 1.29 is 4.79 Å². The molecule has 1 unspecified atom stereocenters. The molecule has 1 aromatic heterocycles. The minimum atomic E-state index is 0.0602. The zero-order chi connectivity index (χ0) is 14.3. The number of aryl methyl sites for hydroxylation is 3.